The standard InChI is InChI=1S/C17H21FN4O.HI/c1-2-3-9-21-17(19)22-12-13-8-10-20-16(11-13)23-15-6-4-14(18)5-7-15;/h4-8,10-11H,2-3,9,12H2,1H3,(H3,19,21,22);1H. The number of benzene rings is 1. The lowest BCUT2D eigenvalue weighted by atomic mass is 10.2. The molecule has 24 heavy (non-hydrogen) atoms. The Labute approximate surface area is 158 Å². The van der Waals surface area contributed by atoms with Crippen molar-refractivity contribution >= 4 is 29.9 Å². The van der Waals surface area contributed by atoms with Gasteiger partial charge in [-0.15, -0.1) is 24.0 Å². The quantitative estimate of drug-likeness (QED) is 0.295. The first-order valence-electron chi connectivity index (χ1n) is 7.59. The normalized spacial score (nSPS) is 10.8. The first-order chi connectivity index (χ1) is 11.2. The molecule has 0 saturated carbocycles. The van der Waals surface area contributed by atoms with Crippen LogP contribution in [0, 0.1) is 5.82 Å². The van der Waals surface area contributed by atoms with E-state index < -0.39 is 0 Å². The van der Waals surface area contributed by atoms with Crippen LogP contribution in [0.1, 0.15) is 25.3 Å². The molecule has 130 valence electrons. The van der Waals surface area contributed by atoms with Crippen molar-refractivity contribution in [2.75, 3.05) is 6.54 Å². The molecule has 1 heterocycles. The fraction of sp³-hybridized carbons (Fsp3) is 0.294. The van der Waals surface area contributed by atoms with E-state index in [1.807, 2.05) is 6.07 Å². The van der Waals surface area contributed by atoms with Crippen LogP contribution in [0.3, 0.4) is 0 Å². The predicted octanol–water partition coefficient (Wildman–Crippen LogP) is 3.84. The maximum atomic E-state index is 12.9. The minimum absolute atomic E-state index is 0. The van der Waals surface area contributed by atoms with E-state index in [2.05, 4.69) is 22.2 Å². The molecule has 2 aromatic rings. The van der Waals surface area contributed by atoms with Crippen molar-refractivity contribution in [1.82, 2.24) is 10.3 Å². The van der Waals surface area contributed by atoms with Crippen LogP contribution in [0.25, 0.3) is 0 Å². The number of ether oxygens (including phenoxy) is 1. The molecule has 0 aliphatic heterocycles. The van der Waals surface area contributed by atoms with Crippen molar-refractivity contribution in [3.05, 3.63) is 54.0 Å². The lowest BCUT2D eigenvalue weighted by Crippen LogP contribution is -2.32. The van der Waals surface area contributed by atoms with E-state index in [4.69, 9.17) is 10.5 Å². The molecular formula is C17H22FIN4O. The zero-order valence-electron chi connectivity index (χ0n) is 13.5. The second-order valence-electron chi connectivity index (χ2n) is 5.04. The Morgan fingerprint density at radius 3 is 2.75 bits per heavy atom. The van der Waals surface area contributed by atoms with Gasteiger partial charge in [0.1, 0.15) is 11.6 Å². The van der Waals surface area contributed by atoms with Crippen LogP contribution >= 0.6 is 24.0 Å². The monoisotopic (exact) mass is 444 g/mol. The Hall–Kier alpha value is -1.90. The number of guanidine groups is 1. The van der Waals surface area contributed by atoms with E-state index >= 15 is 0 Å². The van der Waals surface area contributed by atoms with E-state index in [0.717, 1.165) is 24.9 Å². The lowest BCUT2D eigenvalue weighted by Gasteiger charge is -2.07. The molecule has 0 unspecified atom stereocenters. The number of aromatic nitrogens is 1. The number of halogens is 2. The number of pyridine rings is 1. The molecule has 1 aromatic heterocycles. The summed E-state index contributed by atoms with van der Waals surface area (Å²) in [5.74, 6) is 1.08. The van der Waals surface area contributed by atoms with Gasteiger partial charge in [-0.05, 0) is 42.3 Å². The molecule has 0 amide bonds. The predicted molar refractivity (Wildman–Crippen MR) is 104 cm³/mol. The fourth-order valence-electron chi connectivity index (χ4n) is 1.85. The van der Waals surface area contributed by atoms with Gasteiger partial charge in [0, 0.05) is 18.8 Å². The van der Waals surface area contributed by atoms with Crippen molar-refractivity contribution < 1.29 is 9.13 Å². The van der Waals surface area contributed by atoms with E-state index in [1.54, 1.807) is 24.4 Å². The summed E-state index contributed by atoms with van der Waals surface area (Å²) in [6.45, 7) is 3.38. The van der Waals surface area contributed by atoms with Gasteiger partial charge in [0.25, 0.3) is 0 Å². The largest absolute Gasteiger partial charge is 0.439 e. The molecule has 7 heteroatoms. The first-order valence-corrected chi connectivity index (χ1v) is 7.59. The van der Waals surface area contributed by atoms with Gasteiger partial charge >= 0.3 is 0 Å². The Kier molecular flexibility index (Phi) is 9.06. The summed E-state index contributed by atoms with van der Waals surface area (Å²) in [5, 5.41) is 3.06. The van der Waals surface area contributed by atoms with Gasteiger partial charge in [0.2, 0.25) is 5.88 Å². The summed E-state index contributed by atoms with van der Waals surface area (Å²) in [7, 11) is 0. The second kappa shape index (κ2) is 10.8. The second-order valence-corrected chi connectivity index (χ2v) is 5.04. The highest BCUT2D eigenvalue weighted by atomic mass is 127. The van der Waals surface area contributed by atoms with E-state index in [0.29, 0.717) is 24.1 Å². The van der Waals surface area contributed by atoms with Crippen molar-refractivity contribution in [3.8, 4) is 11.6 Å². The van der Waals surface area contributed by atoms with Crippen LogP contribution in [-0.2, 0) is 6.54 Å². The molecule has 0 aliphatic rings. The lowest BCUT2D eigenvalue weighted by molar-refractivity contribution is 0.460. The van der Waals surface area contributed by atoms with Gasteiger partial charge in [-0.1, -0.05) is 13.3 Å². The number of unbranched alkanes of at least 4 members (excludes halogenated alkanes) is 1. The average Bonchev–Trinajstić information content (AvgIpc) is 2.56. The van der Waals surface area contributed by atoms with Crippen molar-refractivity contribution in [1.29, 1.82) is 0 Å². The summed E-state index contributed by atoms with van der Waals surface area (Å²) >= 11 is 0. The van der Waals surface area contributed by atoms with Crippen molar-refractivity contribution in [2.24, 2.45) is 10.7 Å². The smallest absolute Gasteiger partial charge is 0.219 e. The Bertz CT molecular complexity index is 649. The molecule has 3 N–H and O–H groups in total. The number of rotatable bonds is 7. The maximum absolute atomic E-state index is 12.9. The zero-order chi connectivity index (χ0) is 16.5. The molecule has 0 bridgehead atoms. The number of nitrogens with one attached hydrogen (secondary N) is 1. The average molecular weight is 444 g/mol. The summed E-state index contributed by atoms with van der Waals surface area (Å²) in [5.41, 5.74) is 6.72. The Morgan fingerprint density at radius 2 is 2.04 bits per heavy atom. The summed E-state index contributed by atoms with van der Waals surface area (Å²) in [6.07, 6.45) is 3.81. The molecule has 5 nitrogen and oxygen atoms in total. The van der Waals surface area contributed by atoms with Gasteiger partial charge in [0.05, 0.1) is 6.54 Å². The van der Waals surface area contributed by atoms with Crippen LogP contribution in [0.5, 0.6) is 11.6 Å². The topological polar surface area (TPSA) is 72.5 Å². The third-order valence-electron chi connectivity index (χ3n) is 3.10. The van der Waals surface area contributed by atoms with Crippen LogP contribution in [0.4, 0.5) is 4.39 Å². The molecule has 0 aliphatic carbocycles. The van der Waals surface area contributed by atoms with Gasteiger partial charge in [0.15, 0.2) is 5.96 Å². The third kappa shape index (κ3) is 7.12. The molecule has 0 saturated heterocycles. The first kappa shape index (κ1) is 20.1. The minimum atomic E-state index is -0.306. The van der Waals surface area contributed by atoms with Crippen LogP contribution in [0.15, 0.2) is 47.6 Å². The van der Waals surface area contributed by atoms with Crippen LogP contribution in [0.2, 0.25) is 0 Å². The number of nitrogens with two attached hydrogens (primary N) is 1. The highest BCUT2D eigenvalue weighted by Gasteiger charge is 2.01. The summed E-state index contributed by atoms with van der Waals surface area (Å²) in [4.78, 5) is 8.41. The molecular weight excluding hydrogens is 422 g/mol. The molecule has 0 radical (unpaired) electrons. The van der Waals surface area contributed by atoms with Crippen LogP contribution < -0.4 is 15.8 Å². The Morgan fingerprint density at radius 1 is 1.29 bits per heavy atom. The molecule has 0 atom stereocenters. The minimum Gasteiger partial charge on any atom is -0.439 e. The van der Waals surface area contributed by atoms with E-state index in [1.165, 1.54) is 12.1 Å². The van der Waals surface area contributed by atoms with Gasteiger partial charge in [-0.2, -0.15) is 0 Å². The fourth-order valence-corrected chi connectivity index (χ4v) is 1.85. The SMILES string of the molecule is CCCCNC(N)=NCc1ccnc(Oc2ccc(F)cc2)c1.I. The molecule has 1 aromatic carbocycles. The number of aliphatic imine (C=N–C) groups is 1. The van der Waals surface area contributed by atoms with Gasteiger partial charge in [-0.25, -0.2) is 14.4 Å². The highest BCUT2D eigenvalue weighted by molar-refractivity contribution is 14.0. The summed E-state index contributed by atoms with van der Waals surface area (Å²) in [6, 6.07) is 9.42. The number of hydrogen-bond donors (Lipinski definition) is 2. The molecule has 2 rings (SSSR count). The van der Waals surface area contributed by atoms with Crippen molar-refractivity contribution in [3.63, 3.8) is 0 Å². The van der Waals surface area contributed by atoms with Gasteiger partial charge in [-0.3, -0.25) is 0 Å². The number of nitrogens with zero attached hydrogens (tertiary/aromatic N) is 2. The molecule has 0 fully saturated rings. The van der Waals surface area contributed by atoms with E-state index in [-0.39, 0.29) is 29.8 Å². The third-order valence-corrected chi connectivity index (χ3v) is 3.10. The van der Waals surface area contributed by atoms with E-state index in [9.17, 15) is 4.39 Å². The zero-order valence-corrected chi connectivity index (χ0v) is 15.9. The summed E-state index contributed by atoms with van der Waals surface area (Å²) < 4.78 is 18.5. The van der Waals surface area contributed by atoms with Crippen LogP contribution in [-0.4, -0.2) is 17.5 Å². The molecule has 0 spiro atoms. The number of hydrogen-bond acceptors (Lipinski definition) is 3. The Balaban J connectivity index is 0.00000288. The maximum Gasteiger partial charge on any atom is 0.219 e. The van der Waals surface area contributed by atoms with Crippen molar-refractivity contribution in [2.45, 2.75) is 26.3 Å². The van der Waals surface area contributed by atoms with Gasteiger partial charge < -0.3 is 15.8 Å². The highest BCUT2D eigenvalue weighted by Crippen LogP contribution is 2.20.